The Labute approximate surface area is 116 Å². The standard InChI is InChI=1S/C13H18N4OS/c1-3-10(4-2)13(18)14-7-11-8-17(16-15-11)12-5-6-19-9-12/h5-6,8-10H,3-4,7H2,1-2H3,(H,14,18). The van der Waals surface area contributed by atoms with Crippen molar-refractivity contribution in [2.45, 2.75) is 33.2 Å². The van der Waals surface area contributed by atoms with E-state index in [2.05, 4.69) is 15.6 Å². The second kappa shape index (κ2) is 6.47. The molecule has 19 heavy (non-hydrogen) atoms. The van der Waals surface area contributed by atoms with Gasteiger partial charge in [-0.3, -0.25) is 4.79 Å². The van der Waals surface area contributed by atoms with Crippen molar-refractivity contribution >= 4 is 17.2 Å². The SMILES string of the molecule is CCC(CC)C(=O)NCc1cn(-c2ccsc2)nn1. The number of hydrogen-bond acceptors (Lipinski definition) is 4. The molecule has 1 amide bonds. The fourth-order valence-corrected chi connectivity index (χ4v) is 2.50. The van der Waals surface area contributed by atoms with Crippen molar-refractivity contribution in [3.05, 3.63) is 28.7 Å². The first-order valence-electron chi connectivity index (χ1n) is 6.46. The van der Waals surface area contributed by atoms with E-state index in [4.69, 9.17) is 0 Å². The second-order valence-corrected chi connectivity index (χ2v) is 5.15. The van der Waals surface area contributed by atoms with Crippen LogP contribution in [0.5, 0.6) is 0 Å². The van der Waals surface area contributed by atoms with Crippen LogP contribution in [0.3, 0.4) is 0 Å². The molecule has 2 rings (SSSR count). The summed E-state index contributed by atoms with van der Waals surface area (Å²) < 4.78 is 1.72. The number of carbonyl (C=O) groups excluding carboxylic acids is 1. The first-order valence-corrected chi connectivity index (χ1v) is 7.40. The molecule has 0 saturated heterocycles. The lowest BCUT2D eigenvalue weighted by molar-refractivity contribution is -0.125. The van der Waals surface area contributed by atoms with Gasteiger partial charge in [0.15, 0.2) is 0 Å². The average molecular weight is 278 g/mol. The number of hydrogen-bond donors (Lipinski definition) is 1. The minimum Gasteiger partial charge on any atom is -0.350 e. The van der Waals surface area contributed by atoms with Crippen LogP contribution in [-0.4, -0.2) is 20.9 Å². The van der Waals surface area contributed by atoms with Crippen molar-refractivity contribution in [1.82, 2.24) is 20.3 Å². The van der Waals surface area contributed by atoms with Gasteiger partial charge in [0.05, 0.1) is 18.4 Å². The monoisotopic (exact) mass is 278 g/mol. The van der Waals surface area contributed by atoms with Gasteiger partial charge >= 0.3 is 0 Å². The zero-order chi connectivity index (χ0) is 13.7. The summed E-state index contributed by atoms with van der Waals surface area (Å²) in [7, 11) is 0. The number of amides is 1. The fourth-order valence-electron chi connectivity index (χ4n) is 1.87. The van der Waals surface area contributed by atoms with Crippen LogP contribution in [0.2, 0.25) is 0 Å². The summed E-state index contributed by atoms with van der Waals surface area (Å²) in [4.78, 5) is 11.8. The largest absolute Gasteiger partial charge is 0.350 e. The Kier molecular flexibility index (Phi) is 4.68. The molecule has 1 N–H and O–H groups in total. The summed E-state index contributed by atoms with van der Waals surface area (Å²) in [6, 6.07) is 1.98. The Hall–Kier alpha value is -1.69. The Morgan fingerprint density at radius 2 is 2.26 bits per heavy atom. The van der Waals surface area contributed by atoms with Gasteiger partial charge < -0.3 is 5.32 Å². The molecule has 0 aliphatic rings. The predicted octanol–water partition coefficient (Wildman–Crippen LogP) is 2.38. The van der Waals surface area contributed by atoms with Crippen LogP contribution in [-0.2, 0) is 11.3 Å². The molecule has 5 nitrogen and oxygen atoms in total. The number of carbonyl (C=O) groups is 1. The third kappa shape index (κ3) is 3.41. The maximum Gasteiger partial charge on any atom is 0.223 e. The highest BCUT2D eigenvalue weighted by atomic mass is 32.1. The molecule has 2 aromatic heterocycles. The van der Waals surface area contributed by atoms with E-state index in [1.54, 1.807) is 16.0 Å². The van der Waals surface area contributed by atoms with Gasteiger partial charge in [-0.25, -0.2) is 4.68 Å². The van der Waals surface area contributed by atoms with Crippen LogP contribution in [0.25, 0.3) is 5.69 Å². The number of rotatable bonds is 6. The first-order chi connectivity index (χ1) is 9.24. The van der Waals surface area contributed by atoms with E-state index in [9.17, 15) is 4.79 Å². The van der Waals surface area contributed by atoms with Gasteiger partial charge in [0.25, 0.3) is 0 Å². The Morgan fingerprint density at radius 1 is 1.47 bits per heavy atom. The first kappa shape index (κ1) is 13.7. The molecule has 2 aromatic rings. The highest BCUT2D eigenvalue weighted by Gasteiger charge is 2.14. The maximum atomic E-state index is 11.8. The molecular formula is C13H18N4OS. The average Bonchev–Trinajstić information content (AvgIpc) is 3.08. The lowest BCUT2D eigenvalue weighted by Crippen LogP contribution is -2.29. The molecule has 0 aromatic carbocycles. The summed E-state index contributed by atoms with van der Waals surface area (Å²) in [5.41, 5.74) is 1.76. The second-order valence-electron chi connectivity index (χ2n) is 4.37. The predicted molar refractivity (Wildman–Crippen MR) is 75.2 cm³/mol. The fraction of sp³-hybridized carbons (Fsp3) is 0.462. The summed E-state index contributed by atoms with van der Waals surface area (Å²) >= 11 is 1.61. The Morgan fingerprint density at radius 3 is 2.89 bits per heavy atom. The third-order valence-electron chi connectivity index (χ3n) is 3.11. The molecule has 0 bridgehead atoms. The molecule has 0 aliphatic heterocycles. The highest BCUT2D eigenvalue weighted by molar-refractivity contribution is 7.08. The van der Waals surface area contributed by atoms with Gasteiger partial charge in [0.2, 0.25) is 5.91 Å². The molecule has 102 valence electrons. The topological polar surface area (TPSA) is 59.8 Å². The smallest absolute Gasteiger partial charge is 0.223 e. The van der Waals surface area contributed by atoms with Crippen molar-refractivity contribution in [1.29, 1.82) is 0 Å². The van der Waals surface area contributed by atoms with Gasteiger partial charge in [-0.15, -0.1) is 5.10 Å². The zero-order valence-electron chi connectivity index (χ0n) is 11.2. The van der Waals surface area contributed by atoms with Gasteiger partial charge in [0, 0.05) is 11.3 Å². The van der Waals surface area contributed by atoms with Crippen LogP contribution in [0.1, 0.15) is 32.4 Å². The van der Waals surface area contributed by atoms with Crippen molar-refractivity contribution in [2.24, 2.45) is 5.92 Å². The third-order valence-corrected chi connectivity index (χ3v) is 3.78. The summed E-state index contributed by atoms with van der Waals surface area (Å²) in [6.07, 6.45) is 3.57. The van der Waals surface area contributed by atoms with Crippen molar-refractivity contribution in [3.8, 4) is 5.69 Å². The zero-order valence-corrected chi connectivity index (χ0v) is 12.0. The lowest BCUT2D eigenvalue weighted by atomic mass is 10.0. The Balaban J connectivity index is 1.92. The summed E-state index contributed by atoms with van der Waals surface area (Å²) in [5, 5.41) is 15.0. The quantitative estimate of drug-likeness (QED) is 0.882. The molecule has 0 unspecified atom stereocenters. The molecule has 0 atom stereocenters. The van der Waals surface area contributed by atoms with Gasteiger partial charge in [-0.05, 0) is 24.3 Å². The van der Waals surface area contributed by atoms with E-state index in [1.807, 2.05) is 36.9 Å². The van der Waals surface area contributed by atoms with Crippen molar-refractivity contribution < 1.29 is 4.79 Å². The Bertz CT molecular complexity index is 516. The molecule has 0 saturated carbocycles. The minimum absolute atomic E-state index is 0.0897. The molecule has 0 aliphatic carbocycles. The van der Waals surface area contributed by atoms with Gasteiger partial charge in [-0.2, -0.15) is 11.3 Å². The lowest BCUT2D eigenvalue weighted by Gasteiger charge is -2.11. The van der Waals surface area contributed by atoms with E-state index in [-0.39, 0.29) is 11.8 Å². The van der Waals surface area contributed by atoms with Gasteiger partial charge in [0.1, 0.15) is 5.69 Å². The van der Waals surface area contributed by atoms with Crippen LogP contribution < -0.4 is 5.32 Å². The molecule has 0 spiro atoms. The number of thiophene rings is 1. The molecule has 0 radical (unpaired) electrons. The van der Waals surface area contributed by atoms with E-state index in [0.717, 1.165) is 24.2 Å². The van der Waals surface area contributed by atoms with E-state index < -0.39 is 0 Å². The summed E-state index contributed by atoms with van der Waals surface area (Å²) in [5.74, 6) is 0.182. The van der Waals surface area contributed by atoms with Crippen LogP contribution in [0.15, 0.2) is 23.0 Å². The molecule has 6 heteroatoms. The van der Waals surface area contributed by atoms with E-state index in [1.165, 1.54) is 0 Å². The van der Waals surface area contributed by atoms with Crippen molar-refractivity contribution in [3.63, 3.8) is 0 Å². The number of aromatic nitrogens is 3. The molecule has 2 heterocycles. The molecular weight excluding hydrogens is 260 g/mol. The molecule has 0 fully saturated rings. The van der Waals surface area contributed by atoms with Crippen LogP contribution in [0.4, 0.5) is 0 Å². The minimum atomic E-state index is 0.0897. The highest BCUT2D eigenvalue weighted by Crippen LogP contribution is 2.11. The normalized spacial score (nSPS) is 10.9. The van der Waals surface area contributed by atoms with Crippen molar-refractivity contribution in [2.75, 3.05) is 0 Å². The van der Waals surface area contributed by atoms with E-state index in [0.29, 0.717) is 6.54 Å². The number of nitrogens with zero attached hydrogens (tertiary/aromatic N) is 3. The van der Waals surface area contributed by atoms with E-state index >= 15 is 0 Å². The van der Waals surface area contributed by atoms with Crippen LogP contribution in [0, 0.1) is 5.92 Å². The van der Waals surface area contributed by atoms with Crippen LogP contribution >= 0.6 is 11.3 Å². The summed E-state index contributed by atoms with van der Waals surface area (Å²) in [6.45, 7) is 4.49. The number of nitrogens with one attached hydrogen (secondary N) is 1. The maximum absolute atomic E-state index is 11.8. The van der Waals surface area contributed by atoms with Gasteiger partial charge in [-0.1, -0.05) is 19.1 Å².